The molecule has 4 aromatic rings. The first-order valence-corrected chi connectivity index (χ1v) is 9.20. The van der Waals surface area contributed by atoms with Crippen molar-refractivity contribution in [3.05, 3.63) is 53.0 Å². The minimum Gasteiger partial charge on any atom is -0.392 e. The van der Waals surface area contributed by atoms with Gasteiger partial charge in [0.2, 0.25) is 0 Å². The summed E-state index contributed by atoms with van der Waals surface area (Å²) in [6, 6.07) is 14.2. The van der Waals surface area contributed by atoms with Crippen LogP contribution in [0.15, 0.2) is 42.5 Å². The second-order valence-electron chi connectivity index (χ2n) is 6.12. The van der Waals surface area contributed by atoms with Crippen molar-refractivity contribution in [2.24, 2.45) is 0 Å². The summed E-state index contributed by atoms with van der Waals surface area (Å²) < 4.78 is 1.11. The first kappa shape index (κ1) is 16.0. The second-order valence-corrected chi connectivity index (χ2v) is 7.20. The Balaban J connectivity index is 1.90. The van der Waals surface area contributed by atoms with Crippen LogP contribution in [0.3, 0.4) is 0 Å². The summed E-state index contributed by atoms with van der Waals surface area (Å²) in [4.78, 5) is 9.21. The van der Waals surface area contributed by atoms with Crippen molar-refractivity contribution in [3.8, 4) is 11.1 Å². The second kappa shape index (κ2) is 6.43. The minimum atomic E-state index is 0.0584. The van der Waals surface area contributed by atoms with Crippen molar-refractivity contribution in [1.82, 2.24) is 9.97 Å². The van der Waals surface area contributed by atoms with E-state index in [1.807, 2.05) is 30.3 Å². The Morgan fingerprint density at radius 2 is 1.80 bits per heavy atom. The molecule has 5 heteroatoms. The summed E-state index contributed by atoms with van der Waals surface area (Å²) in [6.45, 7) is 2.21. The van der Waals surface area contributed by atoms with Gasteiger partial charge in [0.15, 0.2) is 5.82 Å². The minimum absolute atomic E-state index is 0.0584. The predicted octanol–water partition coefficient (Wildman–Crippen LogP) is 4.54. The molecule has 0 aliphatic rings. The van der Waals surface area contributed by atoms with Crippen molar-refractivity contribution >= 4 is 38.3 Å². The van der Waals surface area contributed by atoms with Gasteiger partial charge in [-0.3, -0.25) is 0 Å². The molecule has 2 aromatic carbocycles. The van der Waals surface area contributed by atoms with E-state index in [1.54, 1.807) is 11.3 Å². The van der Waals surface area contributed by atoms with Crippen LogP contribution < -0.4 is 5.73 Å². The van der Waals surface area contributed by atoms with Crippen LogP contribution >= 0.6 is 11.3 Å². The summed E-state index contributed by atoms with van der Waals surface area (Å²) in [5.41, 5.74) is 11.0. The van der Waals surface area contributed by atoms with Gasteiger partial charge in [0.1, 0.15) is 5.52 Å². The van der Waals surface area contributed by atoms with Crippen LogP contribution in [0.2, 0.25) is 0 Å². The van der Waals surface area contributed by atoms with Gasteiger partial charge in [-0.25, -0.2) is 9.97 Å². The maximum atomic E-state index is 9.21. The Kier molecular flexibility index (Phi) is 4.11. The number of benzene rings is 2. The first-order chi connectivity index (χ1) is 12.2. The van der Waals surface area contributed by atoms with Gasteiger partial charge >= 0.3 is 0 Å². The van der Waals surface area contributed by atoms with Gasteiger partial charge < -0.3 is 10.8 Å². The molecular weight excluding hydrogens is 330 g/mol. The molecule has 0 bridgehead atoms. The highest BCUT2D eigenvalue weighted by atomic mass is 32.1. The van der Waals surface area contributed by atoms with Crippen LogP contribution in [0, 0.1) is 0 Å². The van der Waals surface area contributed by atoms with E-state index < -0.39 is 0 Å². The molecule has 0 atom stereocenters. The molecule has 0 aliphatic heterocycles. The summed E-state index contributed by atoms with van der Waals surface area (Å²) in [5.74, 6) is 0.501. The number of aryl methyl sites for hydroxylation is 1. The number of rotatable bonds is 4. The number of hydrogen-bond acceptors (Lipinski definition) is 5. The van der Waals surface area contributed by atoms with E-state index >= 15 is 0 Å². The molecule has 25 heavy (non-hydrogen) atoms. The molecule has 0 radical (unpaired) electrons. The molecule has 126 valence electrons. The van der Waals surface area contributed by atoms with Crippen molar-refractivity contribution in [2.75, 3.05) is 5.73 Å². The predicted molar refractivity (Wildman–Crippen MR) is 105 cm³/mol. The normalized spacial score (nSPS) is 11.4. The van der Waals surface area contributed by atoms with Crippen LogP contribution in [0.25, 0.3) is 32.2 Å². The van der Waals surface area contributed by atoms with Crippen molar-refractivity contribution < 1.29 is 5.11 Å². The standard InChI is InChI=1S/C20H19N3OS/c1-2-3-17-23-18-19(25-17)15-10-14(8-9-16(15)22-20(18)21)13-6-4-12(11-24)5-7-13/h4-10,24H,2-3,11H2,1H3,(H2,21,22). The molecule has 0 fully saturated rings. The maximum Gasteiger partial charge on any atom is 0.151 e. The molecule has 2 aromatic heterocycles. The van der Waals surface area contributed by atoms with E-state index in [0.717, 1.165) is 55.7 Å². The molecule has 0 unspecified atom stereocenters. The number of aliphatic hydroxyl groups excluding tert-OH is 1. The van der Waals surface area contributed by atoms with Crippen LogP contribution in [0.1, 0.15) is 23.9 Å². The number of anilines is 1. The quantitative estimate of drug-likeness (QED) is 0.567. The summed E-state index contributed by atoms with van der Waals surface area (Å²) in [5, 5.41) is 11.4. The van der Waals surface area contributed by atoms with Gasteiger partial charge in [0.05, 0.1) is 21.8 Å². The van der Waals surface area contributed by atoms with Crippen LogP contribution in [-0.2, 0) is 13.0 Å². The molecule has 0 saturated carbocycles. The molecule has 3 N–H and O–H groups in total. The third-order valence-corrected chi connectivity index (χ3v) is 5.48. The number of thiazole rings is 1. The lowest BCUT2D eigenvalue weighted by Crippen LogP contribution is -1.93. The lowest BCUT2D eigenvalue weighted by atomic mass is 10.0. The topological polar surface area (TPSA) is 72.0 Å². The smallest absolute Gasteiger partial charge is 0.151 e. The SMILES string of the molecule is CCCc1nc2c(N)nc3ccc(-c4ccc(CO)cc4)cc3c2s1. The Morgan fingerprint density at radius 3 is 2.52 bits per heavy atom. The van der Waals surface area contributed by atoms with E-state index in [4.69, 9.17) is 5.73 Å². The molecule has 0 amide bonds. The van der Waals surface area contributed by atoms with Crippen LogP contribution in [0.5, 0.6) is 0 Å². The zero-order valence-electron chi connectivity index (χ0n) is 14.0. The molecule has 4 nitrogen and oxygen atoms in total. The zero-order valence-corrected chi connectivity index (χ0v) is 14.8. The fraction of sp³-hybridized carbons (Fsp3) is 0.200. The van der Waals surface area contributed by atoms with E-state index in [2.05, 4.69) is 29.0 Å². The molecule has 2 heterocycles. The number of nitrogens with two attached hydrogens (primary N) is 1. The van der Waals surface area contributed by atoms with Gasteiger partial charge in [0, 0.05) is 5.39 Å². The van der Waals surface area contributed by atoms with Gasteiger partial charge in [0.25, 0.3) is 0 Å². The number of aromatic nitrogens is 2. The number of hydrogen-bond donors (Lipinski definition) is 2. The highest BCUT2D eigenvalue weighted by molar-refractivity contribution is 7.19. The Bertz CT molecular complexity index is 1050. The third kappa shape index (κ3) is 2.86. The Morgan fingerprint density at radius 1 is 1.04 bits per heavy atom. The monoisotopic (exact) mass is 349 g/mol. The highest BCUT2D eigenvalue weighted by Crippen LogP contribution is 2.35. The molecular formula is C20H19N3OS. The van der Waals surface area contributed by atoms with E-state index in [9.17, 15) is 5.11 Å². The number of fused-ring (bicyclic) bond motifs is 3. The van der Waals surface area contributed by atoms with Crippen LogP contribution in [-0.4, -0.2) is 15.1 Å². The largest absolute Gasteiger partial charge is 0.392 e. The highest BCUT2D eigenvalue weighted by Gasteiger charge is 2.13. The molecule has 4 rings (SSSR count). The van der Waals surface area contributed by atoms with E-state index in [1.165, 1.54) is 0 Å². The van der Waals surface area contributed by atoms with E-state index in [0.29, 0.717) is 5.82 Å². The third-order valence-electron chi connectivity index (χ3n) is 4.33. The van der Waals surface area contributed by atoms with Gasteiger partial charge in [-0.1, -0.05) is 37.3 Å². The lowest BCUT2D eigenvalue weighted by molar-refractivity contribution is 0.282. The number of pyridine rings is 1. The number of aliphatic hydroxyl groups is 1. The van der Waals surface area contributed by atoms with Crippen molar-refractivity contribution in [1.29, 1.82) is 0 Å². The molecule has 0 aliphatic carbocycles. The average Bonchev–Trinajstić information content (AvgIpc) is 3.07. The molecule has 0 spiro atoms. The van der Waals surface area contributed by atoms with Gasteiger partial charge in [-0.05, 0) is 41.7 Å². The van der Waals surface area contributed by atoms with E-state index in [-0.39, 0.29) is 6.61 Å². The zero-order chi connectivity index (χ0) is 17.4. The summed E-state index contributed by atoms with van der Waals surface area (Å²) >= 11 is 1.71. The first-order valence-electron chi connectivity index (χ1n) is 8.38. The average molecular weight is 349 g/mol. The Hall–Kier alpha value is -2.50. The fourth-order valence-corrected chi connectivity index (χ4v) is 4.22. The summed E-state index contributed by atoms with van der Waals surface area (Å²) in [7, 11) is 0. The van der Waals surface area contributed by atoms with Crippen LogP contribution in [0.4, 0.5) is 5.82 Å². The molecule has 0 saturated heterocycles. The number of nitrogens with zero attached hydrogens (tertiary/aromatic N) is 2. The number of nitrogen functional groups attached to an aromatic ring is 1. The Labute approximate surface area is 150 Å². The maximum absolute atomic E-state index is 9.21. The fourth-order valence-electron chi connectivity index (χ4n) is 3.02. The van der Waals surface area contributed by atoms with Gasteiger partial charge in [-0.15, -0.1) is 11.3 Å². The van der Waals surface area contributed by atoms with Crippen molar-refractivity contribution in [2.45, 2.75) is 26.4 Å². The van der Waals surface area contributed by atoms with Crippen molar-refractivity contribution in [3.63, 3.8) is 0 Å². The van der Waals surface area contributed by atoms with Gasteiger partial charge in [-0.2, -0.15) is 0 Å². The summed E-state index contributed by atoms with van der Waals surface area (Å²) in [6.07, 6.45) is 2.02. The lowest BCUT2D eigenvalue weighted by Gasteiger charge is -2.06.